The summed E-state index contributed by atoms with van der Waals surface area (Å²) >= 11 is 0. The first-order chi connectivity index (χ1) is 12.1. The summed E-state index contributed by atoms with van der Waals surface area (Å²) in [7, 11) is 0. The largest absolute Gasteiger partial charge is 0.482 e. The van der Waals surface area contributed by atoms with E-state index in [9.17, 15) is 9.59 Å². The molecule has 0 fully saturated rings. The summed E-state index contributed by atoms with van der Waals surface area (Å²) in [5.41, 5.74) is 2.21. The molecular weight excluding hydrogens is 320 g/mol. The van der Waals surface area contributed by atoms with Gasteiger partial charge in [-0.3, -0.25) is 4.79 Å². The highest BCUT2D eigenvalue weighted by Crippen LogP contribution is 2.15. The summed E-state index contributed by atoms with van der Waals surface area (Å²) in [4.78, 5) is 23.5. The molecule has 6 heteroatoms. The van der Waals surface area contributed by atoms with E-state index in [4.69, 9.17) is 14.7 Å². The number of aryl methyl sites for hydroxylation is 1. The zero-order valence-corrected chi connectivity index (χ0v) is 13.8. The Morgan fingerprint density at radius 2 is 1.80 bits per heavy atom. The lowest BCUT2D eigenvalue weighted by Crippen LogP contribution is -2.24. The molecule has 0 unspecified atom stereocenters. The van der Waals surface area contributed by atoms with Crippen molar-refractivity contribution in [2.75, 3.05) is 18.5 Å². The number of rotatable bonds is 7. The Balaban J connectivity index is 1.75. The monoisotopic (exact) mass is 338 g/mol. The average molecular weight is 338 g/mol. The van der Waals surface area contributed by atoms with Gasteiger partial charge in [-0.1, -0.05) is 25.1 Å². The highest BCUT2D eigenvalue weighted by molar-refractivity contribution is 5.93. The van der Waals surface area contributed by atoms with E-state index in [1.165, 1.54) is 0 Å². The van der Waals surface area contributed by atoms with Crippen molar-refractivity contribution in [2.45, 2.75) is 13.3 Å². The van der Waals surface area contributed by atoms with Gasteiger partial charge < -0.3 is 14.8 Å². The molecule has 0 aliphatic carbocycles. The van der Waals surface area contributed by atoms with Crippen LogP contribution in [-0.2, 0) is 20.7 Å². The van der Waals surface area contributed by atoms with Gasteiger partial charge in [-0.25, -0.2) is 4.79 Å². The number of para-hydroxylation sites is 1. The maximum atomic E-state index is 11.9. The number of esters is 1. The highest BCUT2D eigenvalue weighted by atomic mass is 16.6. The molecule has 0 spiro atoms. The predicted octanol–water partition coefficient (Wildman–Crippen LogP) is 2.68. The zero-order valence-electron chi connectivity index (χ0n) is 13.8. The number of anilines is 1. The van der Waals surface area contributed by atoms with Crippen molar-refractivity contribution in [3.63, 3.8) is 0 Å². The molecule has 0 aliphatic rings. The summed E-state index contributed by atoms with van der Waals surface area (Å²) in [6.45, 7) is 1.30. The van der Waals surface area contributed by atoms with Gasteiger partial charge in [0.25, 0.3) is 5.91 Å². The molecule has 25 heavy (non-hydrogen) atoms. The lowest BCUT2D eigenvalue weighted by Gasteiger charge is -2.10. The second-order valence-electron chi connectivity index (χ2n) is 5.14. The number of benzene rings is 2. The van der Waals surface area contributed by atoms with Crippen LogP contribution in [-0.4, -0.2) is 25.1 Å². The minimum Gasteiger partial charge on any atom is -0.482 e. The number of carbonyl (C=O) groups excluding carboxylic acids is 2. The van der Waals surface area contributed by atoms with E-state index in [2.05, 4.69) is 5.32 Å². The molecule has 2 aromatic carbocycles. The second-order valence-corrected chi connectivity index (χ2v) is 5.14. The number of nitriles is 1. The van der Waals surface area contributed by atoms with Crippen LogP contribution in [0.3, 0.4) is 0 Å². The fraction of sp³-hybridized carbons (Fsp3) is 0.211. The quantitative estimate of drug-likeness (QED) is 0.784. The Morgan fingerprint density at radius 3 is 2.48 bits per heavy atom. The molecule has 128 valence electrons. The maximum absolute atomic E-state index is 11.9. The van der Waals surface area contributed by atoms with Gasteiger partial charge in [-0.05, 0) is 42.3 Å². The molecule has 0 saturated carbocycles. The first-order valence-corrected chi connectivity index (χ1v) is 7.78. The molecule has 0 saturated heterocycles. The SMILES string of the molecule is CCc1ccccc1NC(=O)COC(=O)COc1ccc(C#N)cc1. The molecule has 0 bridgehead atoms. The van der Waals surface area contributed by atoms with Crippen LogP contribution in [0.5, 0.6) is 5.75 Å². The van der Waals surface area contributed by atoms with Gasteiger partial charge in [0.15, 0.2) is 13.2 Å². The van der Waals surface area contributed by atoms with Gasteiger partial charge in [-0.2, -0.15) is 5.26 Å². The van der Waals surface area contributed by atoms with E-state index < -0.39 is 11.9 Å². The number of hydrogen-bond donors (Lipinski definition) is 1. The molecule has 6 nitrogen and oxygen atoms in total. The van der Waals surface area contributed by atoms with Crippen molar-refractivity contribution in [3.05, 3.63) is 59.7 Å². The minimum atomic E-state index is -0.650. The Labute approximate surface area is 146 Å². The summed E-state index contributed by atoms with van der Waals surface area (Å²) in [5, 5.41) is 11.4. The van der Waals surface area contributed by atoms with Crippen LogP contribution >= 0.6 is 0 Å². The minimum absolute atomic E-state index is 0.315. The predicted molar refractivity (Wildman–Crippen MR) is 92.1 cm³/mol. The molecule has 2 rings (SSSR count). The van der Waals surface area contributed by atoms with Crippen LogP contribution < -0.4 is 10.1 Å². The number of hydrogen-bond acceptors (Lipinski definition) is 5. The van der Waals surface area contributed by atoms with Crippen molar-refractivity contribution >= 4 is 17.6 Å². The molecule has 0 aromatic heterocycles. The maximum Gasteiger partial charge on any atom is 0.344 e. The van der Waals surface area contributed by atoms with E-state index in [1.807, 2.05) is 31.2 Å². The normalized spacial score (nSPS) is 9.76. The third-order valence-electron chi connectivity index (χ3n) is 3.38. The number of nitrogens with zero attached hydrogens (tertiary/aromatic N) is 1. The molecule has 0 heterocycles. The molecule has 0 atom stereocenters. The fourth-order valence-electron chi connectivity index (χ4n) is 2.09. The number of amides is 1. The topological polar surface area (TPSA) is 88.4 Å². The summed E-state index contributed by atoms with van der Waals surface area (Å²) < 4.78 is 10.1. The van der Waals surface area contributed by atoms with Gasteiger partial charge in [-0.15, -0.1) is 0 Å². The van der Waals surface area contributed by atoms with Gasteiger partial charge in [0.1, 0.15) is 5.75 Å². The van der Waals surface area contributed by atoms with Crippen LogP contribution in [0.25, 0.3) is 0 Å². The summed E-state index contributed by atoms with van der Waals surface area (Å²) in [5.74, 6) is -0.617. The van der Waals surface area contributed by atoms with E-state index in [-0.39, 0.29) is 13.2 Å². The first kappa shape index (κ1) is 18.0. The van der Waals surface area contributed by atoms with Crippen LogP contribution in [0.4, 0.5) is 5.69 Å². The lowest BCUT2D eigenvalue weighted by molar-refractivity contribution is -0.149. The van der Waals surface area contributed by atoms with Crippen molar-refractivity contribution in [1.29, 1.82) is 5.26 Å². The van der Waals surface area contributed by atoms with Crippen LogP contribution in [0.2, 0.25) is 0 Å². The Kier molecular flexibility index (Phi) is 6.55. The lowest BCUT2D eigenvalue weighted by atomic mass is 10.1. The molecule has 1 N–H and O–H groups in total. The smallest absolute Gasteiger partial charge is 0.344 e. The number of nitrogens with one attached hydrogen (secondary N) is 1. The summed E-state index contributed by atoms with van der Waals surface area (Å²) in [6, 6.07) is 15.8. The van der Waals surface area contributed by atoms with Crippen LogP contribution in [0.15, 0.2) is 48.5 Å². The molecule has 2 aromatic rings. The Hall–Kier alpha value is -3.33. The Morgan fingerprint density at radius 1 is 1.08 bits per heavy atom. The van der Waals surface area contributed by atoms with Crippen LogP contribution in [0.1, 0.15) is 18.1 Å². The average Bonchev–Trinajstić information content (AvgIpc) is 2.65. The molecular formula is C19H18N2O4. The van der Waals surface area contributed by atoms with Gasteiger partial charge >= 0.3 is 5.97 Å². The zero-order chi connectivity index (χ0) is 18.1. The molecule has 0 aliphatic heterocycles. The van der Waals surface area contributed by atoms with Crippen molar-refractivity contribution in [2.24, 2.45) is 0 Å². The van der Waals surface area contributed by atoms with Crippen molar-refractivity contribution in [3.8, 4) is 11.8 Å². The van der Waals surface area contributed by atoms with Gasteiger partial charge in [0, 0.05) is 5.69 Å². The highest BCUT2D eigenvalue weighted by Gasteiger charge is 2.10. The molecule has 0 radical (unpaired) electrons. The number of carbonyl (C=O) groups is 2. The number of ether oxygens (including phenoxy) is 2. The third kappa shape index (κ3) is 5.66. The van der Waals surface area contributed by atoms with Gasteiger partial charge in [0.05, 0.1) is 11.6 Å². The third-order valence-corrected chi connectivity index (χ3v) is 3.38. The first-order valence-electron chi connectivity index (χ1n) is 7.78. The van der Waals surface area contributed by atoms with E-state index >= 15 is 0 Å². The standard InChI is InChI=1S/C19H18N2O4/c1-2-15-5-3-4-6-17(15)21-18(22)12-25-19(23)13-24-16-9-7-14(11-20)8-10-16/h3-10H,2,12-13H2,1H3,(H,21,22). The van der Waals surface area contributed by atoms with Gasteiger partial charge in [0.2, 0.25) is 0 Å². The van der Waals surface area contributed by atoms with E-state index in [0.717, 1.165) is 12.0 Å². The second kappa shape index (κ2) is 9.08. The van der Waals surface area contributed by atoms with Crippen molar-refractivity contribution in [1.82, 2.24) is 0 Å². The summed E-state index contributed by atoms with van der Waals surface area (Å²) in [6.07, 6.45) is 0.786. The molecule has 1 amide bonds. The van der Waals surface area contributed by atoms with E-state index in [0.29, 0.717) is 17.0 Å². The van der Waals surface area contributed by atoms with E-state index in [1.54, 1.807) is 30.3 Å². The Bertz CT molecular complexity index is 779. The fourth-order valence-corrected chi connectivity index (χ4v) is 2.09. The van der Waals surface area contributed by atoms with Crippen molar-refractivity contribution < 1.29 is 19.1 Å². The van der Waals surface area contributed by atoms with Crippen LogP contribution in [0, 0.1) is 11.3 Å².